The summed E-state index contributed by atoms with van der Waals surface area (Å²) in [5.74, 6) is 0.447. The van der Waals surface area contributed by atoms with Gasteiger partial charge in [0.2, 0.25) is 11.8 Å². The molecule has 2 amide bonds. The Morgan fingerprint density at radius 1 is 1.13 bits per heavy atom. The molecule has 0 aliphatic carbocycles. The zero-order chi connectivity index (χ0) is 21.6. The SMILES string of the molecule is CC(=O)NC(Cc1c[nH]c2ccccc12)C(=O)NCC(c1ccco1)N1CCCCC1. The number of likely N-dealkylation sites (tertiary alicyclic amines) is 1. The van der Waals surface area contributed by atoms with Crippen molar-refractivity contribution in [1.82, 2.24) is 20.5 Å². The second-order valence-electron chi connectivity index (χ2n) is 8.19. The van der Waals surface area contributed by atoms with Crippen LogP contribution in [0.5, 0.6) is 0 Å². The Hall–Kier alpha value is -3.06. The molecule has 2 aromatic heterocycles. The highest BCUT2D eigenvalue weighted by Crippen LogP contribution is 2.25. The number of amides is 2. The Labute approximate surface area is 182 Å². The lowest BCUT2D eigenvalue weighted by Gasteiger charge is -2.33. The highest BCUT2D eigenvalue weighted by Gasteiger charge is 2.27. The van der Waals surface area contributed by atoms with Crippen LogP contribution in [0.3, 0.4) is 0 Å². The molecule has 164 valence electrons. The van der Waals surface area contributed by atoms with Gasteiger partial charge < -0.3 is 20.0 Å². The lowest BCUT2D eigenvalue weighted by molar-refractivity contribution is -0.128. The minimum atomic E-state index is -0.643. The van der Waals surface area contributed by atoms with E-state index in [-0.39, 0.29) is 17.9 Å². The first kappa shape index (κ1) is 21.2. The van der Waals surface area contributed by atoms with Crippen molar-refractivity contribution in [1.29, 1.82) is 0 Å². The second kappa shape index (κ2) is 9.83. The van der Waals surface area contributed by atoms with Crippen LogP contribution in [-0.4, -0.2) is 47.4 Å². The summed E-state index contributed by atoms with van der Waals surface area (Å²) in [7, 11) is 0. The summed E-state index contributed by atoms with van der Waals surface area (Å²) in [4.78, 5) is 30.5. The van der Waals surface area contributed by atoms with Crippen molar-refractivity contribution >= 4 is 22.7 Å². The molecule has 31 heavy (non-hydrogen) atoms. The summed E-state index contributed by atoms with van der Waals surface area (Å²) in [6.07, 6.45) is 7.55. The van der Waals surface area contributed by atoms with Crippen molar-refractivity contribution in [3.05, 3.63) is 60.2 Å². The number of aromatic amines is 1. The number of carbonyl (C=O) groups excluding carboxylic acids is 2. The fourth-order valence-corrected chi connectivity index (χ4v) is 4.42. The third-order valence-electron chi connectivity index (χ3n) is 5.97. The predicted molar refractivity (Wildman–Crippen MR) is 119 cm³/mol. The van der Waals surface area contributed by atoms with Crippen LogP contribution in [-0.2, 0) is 16.0 Å². The molecule has 3 N–H and O–H groups in total. The molecule has 1 fully saturated rings. The van der Waals surface area contributed by atoms with E-state index < -0.39 is 6.04 Å². The fourth-order valence-electron chi connectivity index (χ4n) is 4.42. The largest absolute Gasteiger partial charge is 0.468 e. The highest BCUT2D eigenvalue weighted by atomic mass is 16.3. The zero-order valence-electron chi connectivity index (χ0n) is 17.9. The molecule has 0 spiro atoms. The van der Waals surface area contributed by atoms with Crippen molar-refractivity contribution in [2.75, 3.05) is 19.6 Å². The number of fused-ring (bicyclic) bond motifs is 1. The molecule has 3 heterocycles. The van der Waals surface area contributed by atoms with Gasteiger partial charge in [-0.1, -0.05) is 24.6 Å². The maximum absolute atomic E-state index is 13.1. The quantitative estimate of drug-likeness (QED) is 0.520. The van der Waals surface area contributed by atoms with Gasteiger partial charge >= 0.3 is 0 Å². The summed E-state index contributed by atoms with van der Waals surface area (Å²) in [5, 5.41) is 6.95. The van der Waals surface area contributed by atoms with Crippen LogP contribution in [0.25, 0.3) is 10.9 Å². The van der Waals surface area contributed by atoms with E-state index in [4.69, 9.17) is 4.42 Å². The van der Waals surface area contributed by atoms with Crippen molar-refractivity contribution in [3.63, 3.8) is 0 Å². The average molecular weight is 423 g/mol. The number of rotatable bonds is 8. The molecule has 2 unspecified atom stereocenters. The topological polar surface area (TPSA) is 90.4 Å². The first-order valence-corrected chi connectivity index (χ1v) is 11.0. The third kappa shape index (κ3) is 5.17. The minimum absolute atomic E-state index is 0.00897. The summed E-state index contributed by atoms with van der Waals surface area (Å²) < 4.78 is 5.67. The molecule has 0 radical (unpaired) electrons. The van der Waals surface area contributed by atoms with Crippen LogP contribution in [0.2, 0.25) is 0 Å². The first-order chi connectivity index (χ1) is 15.1. The number of piperidine rings is 1. The van der Waals surface area contributed by atoms with Gasteiger partial charge in [-0.25, -0.2) is 0 Å². The number of hydrogen-bond donors (Lipinski definition) is 3. The van der Waals surface area contributed by atoms with Gasteiger partial charge in [0, 0.05) is 37.0 Å². The molecular formula is C24H30N4O3. The molecule has 2 atom stereocenters. The number of nitrogens with one attached hydrogen (secondary N) is 3. The van der Waals surface area contributed by atoms with Gasteiger partial charge in [-0.3, -0.25) is 14.5 Å². The van der Waals surface area contributed by atoms with E-state index in [2.05, 4.69) is 20.5 Å². The molecular weight excluding hydrogens is 392 g/mol. The van der Waals surface area contributed by atoms with Gasteiger partial charge in [-0.15, -0.1) is 0 Å². The van der Waals surface area contributed by atoms with E-state index in [0.717, 1.165) is 48.2 Å². The maximum atomic E-state index is 13.1. The van der Waals surface area contributed by atoms with Gasteiger partial charge in [-0.05, 0) is 49.7 Å². The summed E-state index contributed by atoms with van der Waals surface area (Å²) >= 11 is 0. The highest BCUT2D eigenvalue weighted by molar-refractivity contribution is 5.89. The van der Waals surface area contributed by atoms with Crippen molar-refractivity contribution in [3.8, 4) is 0 Å². The van der Waals surface area contributed by atoms with E-state index in [0.29, 0.717) is 13.0 Å². The number of para-hydroxylation sites is 1. The third-order valence-corrected chi connectivity index (χ3v) is 5.97. The number of nitrogens with zero attached hydrogens (tertiary/aromatic N) is 1. The number of carbonyl (C=O) groups is 2. The summed E-state index contributed by atoms with van der Waals surface area (Å²) in [5.41, 5.74) is 2.02. The molecule has 7 heteroatoms. The lowest BCUT2D eigenvalue weighted by atomic mass is 10.0. The van der Waals surface area contributed by atoms with Crippen LogP contribution in [0.1, 0.15) is 43.6 Å². The van der Waals surface area contributed by atoms with Crippen LogP contribution in [0, 0.1) is 0 Å². The van der Waals surface area contributed by atoms with Crippen molar-refractivity contribution < 1.29 is 14.0 Å². The first-order valence-electron chi connectivity index (χ1n) is 11.0. The number of benzene rings is 1. The van der Waals surface area contributed by atoms with Crippen LogP contribution in [0.4, 0.5) is 0 Å². The van der Waals surface area contributed by atoms with Gasteiger partial charge in [0.15, 0.2) is 0 Å². The van der Waals surface area contributed by atoms with Gasteiger partial charge in [0.1, 0.15) is 11.8 Å². The maximum Gasteiger partial charge on any atom is 0.242 e. The predicted octanol–water partition coefficient (Wildman–Crippen LogP) is 3.15. The Kier molecular flexibility index (Phi) is 6.72. The Bertz CT molecular complexity index is 1000. The standard InChI is InChI=1S/C24H30N4O3/c1-17(29)27-21(14-18-15-25-20-9-4-3-8-19(18)20)24(30)26-16-22(23-10-7-13-31-23)28-11-5-2-6-12-28/h3-4,7-10,13,15,21-22,25H,2,5-6,11-12,14,16H2,1H3,(H,26,30)(H,27,29). The van der Waals surface area contributed by atoms with Gasteiger partial charge in [-0.2, -0.15) is 0 Å². The Balaban J connectivity index is 1.46. The summed E-state index contributed by atoms with van der Waals surface area (Å²) in [6.45, 7) is 3.86. The molecule has 1 aliphatic rings. The minimum Gasteiger partial charge on any atom is -0.468 e. The second-order valence-corrected chi connectivity index (χ2v) is 8.19. The molecule has 1 saturated heterocycles. The van der Waals surface area contributed by atoms with Crippen molar-refractivity contribution in [2.45, 2.75) is 44.7 Å². The lowest BCUT2D eigenvalue weighted by Crippen LogP contribution is -2.49. The molecule has 7 nitrogen and oxygen atoms in total. The van der Waals surface area contributed by atoms with Gasteiger partial charge in [0.05, 0.1) is 12.3 Å². The molecule has 1 aliphatic heterocycles. The fraction of sp³-hybridized carbons (Fsp3) is 0.417. The van der Waals surface area contributed by atoms with Gasteiger partial charge in [0.25, 0.3) is 0 Å². The number of H-pyrrole nitrogens is 1. The monoisotopic (exact) mass is 422 g/mol. The Morgan fingerprint density at radius 2 is 1.94 bits per heavy atom. The normalized spacial score (nSPS) is 16.7. The van der Waals surface area contributed by atoms with E-state index in [1.165, 1.54) is 13.3 Å². The van der Waals surface area contributed by atoms with E-state index >= 15 is 0 Å². The number of furan rings is 1. The van der Waals surface area contributed by atoms with Crippen molar-refractivity contribution in [2.24, 2.45) is 0 Å². The number of hydrogen-bond acceptors (Lipinski definition) is 4. The zero-order valence-corrected chi connectivity index (χ0v) is 17.9. The van der Waals surface area contributed by atoms with Crippen LogP contribution >= 0.6 is 0 Å². The smallest absolute Gasteiger partial charge is 0.242 e. The molecule has 4 rings (SSSR count). The average Bonchev–Trinajstić information content (AvgIpc) is 3.44. The van der Waals surface area contributed by atoms with Crippen LogP contribution < -0.4 is 10.6 Å². The van der Waals surface area contributed by atoms with E-state index in [9.17, 15) is 9.59 Å². The molecule has 0 bridgehead atoms. The number of aromatic nitrogens is 1. The Morgan fingerprint density at radius 3 is 2.68 bits per heavy atom. The molecule has 3 aromatic rings. The summed E-state index contributed by atoms with van der Waals surface area (Å²) in [6, 6.07) is 11.1. The molecule has 0 saturated carbocycles. The van der Waals surface area contributed by atoms with E-state index in [1.807, 2.05) is 42.6 Å². The van der Waals surface area contributed by atoms with Crippen LogP contribution in [0.15, 0.2) is 53.3 Å². The molecule has 1 aromatic carbocycles. The van der Waals surface area contributed by atoms with E-state index in [1.54, 1.807) is 6.26 Å².